The molecule has 0 saturated heterocycles. The van der Waals surface area contributed by atoms with Gasteiger partial charge in [-0.1, -0.05) is 13.3 Å². The number of halogens is 2. The van der Waals surface area contributed by atoms with Gasteiger partial charge in [-0.2, -0.15) is 13.1 Å². The van der Waals surface area contributed by atoms with E-state index in [1.807, 2.05) is 0 Å². The molecule has 0 aromatic rings. The van der Waals surface area contributed by atoms with Gasteiger partial charge in [0.15, 0.2) is 6.61 Å². The van der Waals surface area contributed by atoms with E-state index in [-0.39, 0.29) is 23.4 Å². The van der Waals surface area contributed by atoms with Crippen molar-refractivity contribution in [2.24, 2.45) is 23.7 Å². The number of rotatable bonds is 10. The fourth-order valence-electron chi connectivity index (χ4n) is 5.28. The normalized spacial score (nSPS) is 35.7. The second-order valence-corrected chi connectivity index (χ2v) is 8.75. The summed E-state index contributed by atoms with van der Waals surface area (Å²) in [4.78, 5) is 12.5. The summed E-state index contributed by atoms with van der Waals surface area (Å²) in [5.41, 5.74) is -0.137. The second kappa shape index (κ2) is 8.26. The highest BCUT2D eigenvalue weighted by Gasteiger charge is 2.58. The van der Waals surface area contributed by atoms with E-state index in [2.05, 4.69) is 16.3 Å². The lowest BCUT2D eigenvalue weighted by Gasteiger charge is -2.58. The molecule has 150 valence electrons. The van der Waals surface area contributed by atoms with E-state index in [4.69, 9.17) is 9.47 Å². The van der Waals surface area contributed by atoms with E-state index in [0.717, 1.165) is 51.6 Å². The topological polar surface area (TPSA) is 77.1 Å². The molecule has 2 atom stereocenters. The molecule has 0 N–H and O–H groups in total. The molecule has 0 radical (unpaired) electrons. The Labute approximate surface area is 155 Å². The minimum absolute atomic E-state index is 0.137. The van der Waals surface area contributed by atoms with Crippen LogP contribution in [0.3, 0.4) is 0 Å². The predicted molar refractivity (Wildman–Crippen MR) is 86.3 cm³/mol. The third kappa shape index (κ3) is 4.49. The van der Waals surface area contributed by atoms with Crippen molar-refractivity contribution in [2.45, 2.75) is 62.7 Å². The fourth-order valence-corrected chi connectivity index (χ4v) is 5.52. The molecule has 4 aliphatic rings. The number of hydrogen-bond acceptors (Lipinski definition) is 7. The SMILES string of the molecule is CCCCOC12CC3CC(C1)C(C(=O)OCC(F)(F)SOO[O-])C(C3)C2. The van der Waals surface area contributed by atoms with Crippen LogP contribution in [0.1, 0.15) is 51.9 Å². The third-order valence-corrected chi connectivity index (χ3v) is 6.45. The zero-order chi connectivity index (χ0) is 18.8. The Morgan fingerprint density at radius 1 is 1.27 bits per heavy atom. The molecule has 0 amide bonds. The summed E-state index contributed by atoms with van der Waals surface area (Å²) in [6.07, 6.45) is 6.64. The maximum atomic E-state index is 13.5. The van der Waals surface area contributed by atoms with Crippen LogP contribution in [0, 0.1) is 23.7 Å². The number of esters is 1. The molecule has 4 aliphatic carbocycles. The van der Waals surface area contributed by atoms with Gasteiger partial charge in [-0.15, -0.1) is 0 Å². The van der Waals surface area contributed by atoms with Crippen LogP contribution in [0.5, 0.6) is 0 Å². The molecule has 0 aromatic heterocycles. The Kier molecular flexibility index (Phi) is 6.44. The number of ether oxygens (including phenoxy) is 2. The van der Waals surface area contributed by atoms with Crippen LogP contribution in [0.15, 0.2) is 0 Å². The van der Waals surface area contributed by atoms with Crippen LogP contribution in [-0.2, 0) is 23.6 Å². The molecule has 4 rings (SSSR count). The van der Waals surface area contributed by atoms with E-state index >= 15 is 0 Å². The highest BCUT2D eigenvalue weighted by atomic mass is 32.2. The molecule has 2 unspecified atom stereocenters. The van der Waals surface area contributed by atoms with Crippen LogP contribution in [0.4, 0.5) is 8.78 Å². The van der Waals surface area contributed by atoms with Crippen LogP contribution >= 0.6 is 12.0 Å². The van der Waals surface area contributed by atoms with Gasteiger partial charge in [-0.3, -0.25) is 9.83 Å². The van der Waals surface area contributed by atoms with Crippen molar-refractivity contribution >= 4 is 18.0 Å². The summed E-state index contributed by atoms with van der Waals surface area (Å²) < 4.78 is 41.6. The largest absolute Gasteiger partial charge is 0.691 e. The van der Waals surface area contributed by atoms with Gasteiger partial charge in [-0.05, 0) is 56.3 Å². The van der Waals surface area contributed by atoms with Gasteiger partial charge in [0.1, 0.15) is 12.0 Å². The van der Waals surface area contributed by atoms with Crippen molar-refractivity contribution < 1.29 is 37.7 Å². The minimum Gasteiger partial charge on any atom is -0.691 e. The number of carbonyl (C=O) groups excluding carboxylic acids is 1. The summed E-state index contributed by atoms with van der Waals surface area (Å²) in [6.45, 7) is 1.72. The molecule has 0 spiro atoms. The van der Waals surface area contributed by atoms with Gasteiger partial charge < -0.3 is 14.7 Å². The summed E-state index contributed by atoms with van der Waals surface area (Å²) >= 11 is -0.459. The maximum Gasteiger partial charge on any atom is 0.354 e. The predicted octanol–water partition coefficient (Wildman–Crippen LogP) is 3.01. The molecule has 4 saturated carbocycles. The summed E-state index contributed by atoms with van der Waals surface area (Å²) in [6, 6.07) is 0. The van der Waals surface area contributed by atoms with Gasteiger partial charge in [0.25, 0.3) is 0 Å². The lowest BCUT2D eigenvalue weighted by Crippen LogP contribution is -2.57. The molecule has 0 aromatic carbocycles. The molecular formula is C17H25F2O6S-. The molecule has 4 fully saturated rings. The van der Waals surface area contributed by atoms with E-state index in [1.54, 1.807) is 0 Å². The highest BCUT2D eigenvalue weighted by Crippen LogP contribution is 2.59. The molecular weight excluding hydrogens is 370 g/mol. The zero-order valence-electron chi connectivity index (χ0n) is 14.8. The molecule has 6 nitrogen and oxygen atoms in total. The van der Waals surface area contributed by atoms with Crippen molar-refractivity contribution in [3.05, 3.63) is 0 Å². The smallest absolute Gasteiger partial charge is 0.354 e. The van der Waals surface area contributed by atoms with Gasteiger partial charge in [0, 0.05) is 6.61 Å². The lowest BCUT2D eigenvalue weighted by molar-refractivity contribution is -0.777. The third-order valence-electron chi connectivity index (χ3n) is 5.96. The molecule has 9 heteroatoms. The number of alkyl halides is 2. The Bertz CT molecular complexity index is 490. The van der Waals surface area contributed by atoms with Crippen molar-refractivity contribution in [3.63, 3.8) is 0 Å². The van der Waals surface area contributed by atoms with E-state index in [9.17, 15) is 18.8 Å². The van der Waals surface area contributed by atoms with Gasteiger partial charge >= 0.3 is 11.2 Å². The molecule has 0 heterocycles. The van der Waals surface area contributed by atoms with Crippen molar-refractivity contribution in [3.8, 4) is 0 Å². The minimum atomic E-state index is -3.53. The van der Waals surface area contributed by atoms with Gasteiger partial charge in [-0.25, -0.2) is 0 Å². The van der Waals surface area contributed by atoms with Crippen molar-refractivity contribution in [2.75, 3.05) is 13.2 Å². The summed E-state index contributed by atoms with van der Waals surface area (Å²) in [5, 5.41) is 9.03. The second-order valence-electron chi connectivity index (χ2n) is 7.85. The first-order valence-corrected chi connectivity index (χ1v) is 9.95. The van der Waals surface area contributed by atoms with E-state index < -0.39 is 29.9 Å². The molecule has 26 heavy (non-hydrogen) atoms. The van der Waals surface area contributed by atoms with E-state index in [0.29, 0.717) is 5.92 Å². The molecule has 0 aliphatic heterocycles. The fraction of sp³-hybridized carbons (Fsp3) is 0.941. The summed E-state index contributed by atoms with van der Waals surface area (Å²) in [5.74, 6) is -0.0914. The van der Waals surface area contributed by atoms with Crippen molar-refractivity contribution in [1.82, 2.24) is 0 Å². The first-order valence-electron chi connectivity index (χ1n) is 9.21. The number of unbranched alkanes of at least 4 members (excludes halogenated alkanes) is 1. The Balaban J connectivity index is 1.56. The summed E-state index contributed by atoms with van der Waals surface area (Å²) in [7, 11) is 0. The number of carbonyl (C=O) groups is 1. The standard InChI is InChI=1S/C17H26F2O6S/c1-2-3-4-23-16-7-11-5-12(8-16)14(13(6-11)9-16)15(20)22-10-17(18,19)26-25-24-21/h11-14,21H,2-10H2,1H3/p-1. The average Bonchev–Trinajstić information content (AvgIpc) is 2.57. The van der Waals surface area contributed by atoms with Crippen LogP contribution in [0.25, 0.3) is 0 Å². The first-order chi connectivity index (χ1) is 12.4. The van der Waals surface area contributed by atoms with Crippen LogP contribution in [0.2, 0.25) is 0 Å². The number of hydrogen-bond donors (Lipinski definition) is 0. The monoisotopic (exact) mass is 395 g/mol. The Hall–Kier alpha value is -0.480. The first kappa shape index (κ1) is 20.3. The highest BCUT2D eigenvalue weighted by molar-refractivity contribution is 7.95. The zero-order valence-corrected chi connectivity index (χ0v) is 15.6. The van der Waals surface area contributed by atoms with E-state index in [1.165, 1.54) is 0 Å². The van der Waals surface area contributed by atoms with Gasteiger partial charge in [0.2, 0.25) is 0 Å². The Morgan fingerprint density at radius 2 is 1.96 bits per heavy atom. The maximum absolute atomic E-state index is 13.5. The lowest BCUT2D eigenvalue weighted by atomic mass is 9.50. The quantitative estimate of drug-likeness (QED) is 0.185. The Morgan fingerprint density at radius 3 is 2.58 bits per heavy atom. The van der Waals surface area contributed by atoms with Crippen LogP contribution < -0.4 is 5.26 Å². The average molecular weight is 395 g/mol. The molecule has 4 bridgehead atoms. The van der Waals surface area contributed by atoms with Gasteiger partial charge in [0.05, 0.1) is 11.5 Å². The van der Waals surface area contributed by atoms with Crippen molar-refractivity contribution in [1.29, 1.82) is 0 Å². The van der Waals surface area contributed by atoms with Crippen LogP contribution in [-0.4, -0.2) is 30.0 Å².